The van der Waals surface area contributed by atoms with E-state index in [1.54, 1.807) is 12.1 Å². The standard InChI is InChI=1S/C25H33FN2O5/c1-18(2)14-22(27-25(30)33-17-20-8-6-5-7-9-20)24(29)28(16-23(31-3)32-4)15-19-10-12-21(26)13-11-19/h5-13,18,22-23H,14-17H2,1-4H3,(H,27,30)/t22-/m0/s1. The largest absolute Gasteiger partial charge is 0.445 e. The van der Waals surface area contributed by atoms with Gasteiger partial charge in [0.15, 0.2) is 6.29 Å². The van der Waals surface area contributed by atoms with E-state index in [9.17, 15) is 14.0 Å². The average molecular weight is 461 g/mol. The van der Waals surface area contributed by atoms with Crippen LogP contribution >= 0.6 is 0 Å². The van der Waals surface area contributed by atoms with Gasteiger partial charge in [-0.2, -0.15) is 0 Å². The Morgan fingerprint density at radius 3 is 2.18 bits per heavy atom. The number of carbonyl (C=O) groups is 2. The predicted octanol–water partition coefficient (Wildman–Crippen LogP) is 4.11. The first-order valence-electron chi connectivity index (χ1n) is 10.9. The minimum atomic E-state index is -0.803. The summed E-state index contributed by atoms with van der Waals surface area (Å²) >= 11 is 0. The lowest BCUT2D eigenvalue weighted by Crippen LogP contribution is -2.51. The van der Waals surface area contributed by atoms with Gasteiger partial charge in [-0.1, -0.05) is 56.3 Å². The summed E-state index contributed by atoms with van der Waals surface area (Å²) < 4.78 is 29.2. The fraction of sp³-hybridized carbons (Fsp3) is 0.440. The summed E-state index contributed by atoms with van der Waals surface area (Å²) in [5, 5.41) is 2.71. The van der Waals surface area contributed by atoms with E-state index in [-0.39, 0.29) is 37.3 Å². The summed E-state index contributed by atoms with van der Waals surface area (Å²) in [6.45, 7) is 4.38. The summed E-state index contributed by atoms with van der Waals surface area (Å²) in [7, 11) is 2.97. The van der Waals surface area contributed by atoms with E-state index in [4.69, 9.17) is 14.2 Å². The van der Waals surface area contributed by atoms with E-state index >= 15 is 0 Å². The van der Waals surface area contributed by atoms with Crippen molar-refractivity contribution in [3.05, 3.63) is 71.5 Å². The van der Waals surface area contributed by atoms with Crippen molar-refractivity contribution < 1.29 is 28.2 Å². The van der Waals surface area contributed by atoms with Crippen LogP contribution in [0.25, 0.3) is 0 Å². The van der Waals surface area contributed by atoms with Gasteiger partial charge >= 0.3 is 6.09 Å². The highest BCUT2D eigenvalue weighted by molar-refractivity contribution is 5.85. The molecule has 8 heteroatoms. The Bertz CT molecular complexity index is 857. The number of amides is 2. The number of methoxy groups -OCH3 is 2. The number of nitrogens with zero attached hydrogens (tertiary/aromatic N) is 1. The Morgan fingerprint density at radius 1 is 0.970 bits per heavy atom. The highest BCUT2D eigenvalue weighted by Crippen LogP contribution is 2.14. The molecular formula is C25H33FN2O5. The third-order valence-electron chi connectivity index (χ3n) is 5.00. The zero-order valence-electron chi connectivity index (χ0n) is 19.6. The molecule has 0 aromatic heterocycles. The summed E-state index contributed by atoms with van der Waals surface area (Å²) in [5.74, 6) is -0.519. The summed E-state index contributed by atoms with van der Waals surface area (Å²) in [4.78, 5) is 27.5. The van der Waals surface area contributed by atoms with Gasteiger partial charge in [0.2, 0.25) is 5.91 Å². The molecule has 0 aliphatic carbocycles. The number of halogens is 1. The molecule has 2 aromatic carbocycles. The number of hydrogen-bond donors (Lipinski definition) is 1. The van der Waals surface area contributed by atoms with Gasteiger partial charge in [-0.15, -0.1) is 0 Å². The minimum Gasteiger partial charge on any atom is -0.445 e. The first kappa shape index (κ1) is 26.3. The first-order valence-corrected chi connectivity index (χ1v) is 10.9. The van der Waals surface area contributed by atoms with Crippen LogP contribution in [0.15, 0.2) is 54.6 Å². The highest BCUT2D eigenvalue weighted by atomic mass is 19.1. The molecule has 0 aliphatic rings. The number of hydrogen-bond acceptors (Lipinski definition) is 5. The van der Waals surface area contributed by atoms with E-state index < -0.39 is 18.4 Å². The van der Waals surface area contributed by atoms with Crippen LogP contribution < -0.4 is 5.32 Å². The number of nitrogens with one attached hydrogen (secondary N) is 1. The van der Waals surface area contributed by atoms with E-state index in [0.717, 1.165) is 11.1 Å². The predicted molar refractivity (Wildman–Crippen MR) is 123 cm³/mol. The van der Waals surface area contributed by atoms with Crippen LogP contribution in [-0.2, 0) is 32.2 Å². The SMILES string of the molecule is COC(CN(Cc1ccc(F)cc1)C(=O)[C@H](CC(C)C)NC(=O)OCc1ccccc1)OC. The van der Waals surface area contributed by atoms with E-state index in [0.29, 0.717) is 6.42 Å². The van der Waals surface area contributed by atoms with Gasteiger partial charge in [-0.25, -0.2) is 9.18 Å². The fourth-order valence-electron chi connectivity index (χ4n) is 3.29. The molecule has 0 heterocycles. The Hall–Kier alpha value is -2.97. The minimum absolute atomic E-state index is 0.101. The second kappa shape index (κ2) is 13.5. The second-order valence-electron chi connectivity index (χ2n) is 8.13. The molecule has 0 spiro atoms. The lowest BCUT2D eigenvalue weighted by atomic mass is 10.0. The molecule has 2 amide bonds. The molecule has 0 fully saturated rings. The zero-order chi connectivity index (χ0) is 24.2. The molecule has 33 heavy (non-hydrogen) atoms. The van der Waals surface area contributed by atoms with Gasteiger partial charge < -0.3 is 24.4 Å². The Kier molecular flexibility index (Phi) is 10.8. The Labute approximate surface area is 194 Å². The van der Waals surface area contributed by atoms with Crippen molar-refractivity contribution >= 4 is 12.0 Å². The summed E-state index contributed by atoms with van der Waals surface area (Å²) in [6, 6.07) is 14.4. The lowest BCUT2D eigenvalue weighted by Gasteiger charge is -2.30. The zero-order valence-corrected chi connectivity index (χ0v) is 19.6. The quantitative estimate of drug-likeness (QED) is 0.483. The molecule has 2 rings (SSSR count). The summed E-state index contributed by atoms with van der Waals surface area (Å²) in [5.41, 5.74) is 1.59. The van der Waals surface area contributed by atoms with Crippen LogP contribution in [0.5, 0.6) is 0 Å². The number of benzene rings is 2. The van der Waals surface area contributed by atoms with Crippen molar-refractivity contribution in [2.75, 3.05) is 20.8 Å². The third-order valence-corrected chi connectivity index (χ3v) is 5.00. The van der Waals surface area contributed by atoms with Crippen molar-refractivity contribution in [2.24, 2.45) is 5.92 Å². The van der Waals surface area contributed by atoms with Crippen LogP contribution in [0.3, 0.4) is 0 Å². The lowest BCUT2D eigenvalue weighted by molar-refractivity contribution is -0.148. The second-order valence-corrected chi connectivity index (χ2v) is 8.13. The van der Waals surface area contributed by atoms with Crippen molar-refractivity contribution in [3.8, 4) is 0 Å². The molecule has 0 saturated carbocycles. The molecule has 2 aromatic rings. The van der Waals surface area contributed by atoms with Crippen molar-refractivity contribution in [2.45, 2.75) is 45.8 Å². The van der Waals surface area contributed by atoms with E-state index in [2.05, 4.69) is 5.32 Å². The number of alkyl carbamates (subject to hydrolysis) is 1. The van der Waals surface area contributed by atoms with Gasteiger partial charge in [-0.3, -0.25) is 4.79 Å². The first-order chi connectivity index (χ1) is 15.8. The maximum atomic E-state index is 13.5. The highest BCUT2D eigenvalue weighted by Gasteiger charge is 2.29. The van der Waals surface area contributed by atoms with Crippen LogP contribution in [0.2, 0.25) is 0 Å². The third kappa shape index (κ3) is 9.19. The molecule has 1 N–H and O–H groups in total. The molecule has 1 atom stereocenters. The van der Waals surface area contributed by atoms with Crippen LogP contribution in [0.4, 0.5) is 9.18 Å². The van der Waals surface area contributed by atoms with Gasteiger partial charge in [0.05, 0.1) is 6.54 Å². The average Bonchev–Trinajstić information content (AvgIpc) is 2.81. The molecule has 0 unspecified atom stereocenters. The maximum absolute atomic E-state index is 13.5. The molecule has 0 bridgehead atoms. The molecule has 0 aliphatic heterocycles. The van der Waals surface area contributed by atoms with Crippen molar-refractivity contribution in [3.63, 3.8) is 0 Å². The molecule has 7 nitrogen and oxygen atoms in total. The van der Waals surface area contributed by atoms with Crippen LogP contribution in [-0.4, -0.2) is 50.0 Å². The maximum Gasteiger partial charge on any atom is 0.408 e. The molecule has 180 valence electrons. The fourth-order valence-corrected chi connectivity index (χ4v) is 3.29. The number of rotatable bonds is 12. The smallest absolute Gasteiger partial charge is 0.408 e. The monoisotopic (exact) mass is 460 g/mol. The van der Waals surface area contributed by atoms with Crippen molar-refractivity contribution in [1.29, 1.82) is 0 Å². The normalized spacial score (nSPS) is 12.0. The Morgan fingerprint density at radius 2 is 1.61 bits per heavy atom. The van der Waals surface area contributed by atoms with Crippen LogP contribution in [0.1, 0.15) is 31.4 Å². The van der Waals surface area contributed by atoms with Gasteiger partial charge in [-0.05, 0) is 35.6 Å². The van der Waals surface area contributed by atoms with Gasteiger partial charge in [0, 0.05) is 20.8 Å². The van der Waals surface area contributed by atoms with Crippen LogP contribution in [0, 0.1) is 11.7 Å². The molecular weight excluding hydrogens is 427 g/mol. The van der Waals surface area contributed by atoms with E-state index in [1.807, 2.05) is 44.2 Å². The summed E-state index contributed by atoms with van der Waals surface area (Å²) in [6.07, 6.45) is -0.905. The molecule has 0 saturated heterocycles. The topological polar surface area (TPSA) is 77.1 Å². The van der Waals surface area contributed by atoms with Gasteiger partial charge in [0.1, 0.15) is 18.5 Å². The van der Waals surface area contributed by atoms with E-state index in [1.165, 1.54) is 31.3 Å². The number of carbonyl (C=O) groups excluding carboxylic acids is 2. The Balaban J connectivity index is 2.14. The van der Waals surface area contributed by atoms with Crippen molar-refractivity contribution in [1.82, 2.24) is 10.2 Å². The number of ether oxygens (including phenoxy) is 3. The van der Waals surface area contributed by atoms with Gasteiger partial charge in [0.25, 0.3) is 0 Å². The molecule has 0 radical (unpaired) electrons.